The largest absolute Gasteiger partial charge is 0.333 e. The van der Waals surface area contributed by atoms with E-state index in [2.05, 4.69) is 10.3 Å². The summed E-state index contributed by atoms with van der Waals surface area (Å²) in [5.41, 5.74) is 6.36. The van der Waals surface area contributed by atoms with Gasteiger partial charge in [0.15, 0.2) is 5.13 Å². The maximum absolute atomic E-state index is 12.5. The molecule has 126 valence electrons. The predicted molar refractivity (Wildman–Crippen MR) is 93.2 cm³/mol. The highest BCUT2D eigenvalue weighted by atomic mass is 35.5. The third kappa shape index (κ3) is 5.08. The van der Waals surface area contributed by atoms with E-state index in [9.17, 15) is 9.59 Å². The lowest BCUT2D eigenvalue weighted by molar-refractivity contribution is -0.114. The van der Waals surface area contributed by atoms with E-state index < -0.39 is 0 Å². The van der Waals surface area contributed by atoms with Crippen molar-refractivity contribution in [3.8, 4) is 0 Å². The van der Waals surface area contributed by atoms with Gasteiger partial charge in [0.25, 0.3) is 5.91 Å². The number of halogens is 2. The van der Waals surface area contributed by atoms with E-state index in [1.165, 1.54) is 18.3 Å². The van der Waals surface area contributed by atoms with Crippen molar-refractivity contribution in [1.29, 1.82) is 0 Å². The summed E-state index contributed by atoms with van der Waals surface area (Å²) in [6.45, 7) is 4.07. The molecule has 22 heavy (non-hydrogen) atoms. The van der Waals surface area contributed by atoms with Gasteiger partial charge >= 0.3 is 0 Å². The highest BCUT2D eigenvalue weighted by Gasteiger charge is 2.30. The van der Waals surface area contributed by atoms with Crippen molar-refractivity contribution < 1.29 is 9.59 Å². The molecule has 2 amide bonds. The van der Waals surface area contributed by atoms with E-state index in [-0.39, 0.29) is 48.7 Å². The number of hydrogen-bond donors (Lipinski definition) is 2. The number of nitrogens with two attached hydrogens (primary N) is 1. The molecule has 6 nitrogen and oxygen atoms in total. The van der Waals surface area contributed by atoms with Crippen molar-refractivity contribution in [2.24, 2.45) is 5.73 Å². The first kappa shape index (κ1) is 21.1. The first-order valence-electron chi connectivity index (χ1n) is 6.78. The summed E-state index contributed by atoms with van der Waals surface area (Å²) in [5.74, 6) is -0.287. The molecule has 1 aliphatic heterocycles. The summed E-state index contributed by atoms with van der Waals surface area (Å²) < 4.78 is 0. The maximum atomic E-state index is 12.5. The molecule has 1 aromatic rings. The second kappa shape index (κ2) is 9.29. The molecule has 1 saturated heterocycles. The molecule has 3 N–H and O–H groups in total. The molecule has 9 heteroatoms. The van der Waals surface area contributed by atoms with E-state index in [0.717, 1.165) is 25.8 Å². The van der Waals surface area contributed by atoms with Gasteiger partial charge in [0, 0.05) is 30.9 Å². The SMILES string of the molecule is CC(=O)Nc1nc(C(=O)N2CCCCC2C(C)N)cs1.Cl.Cl. The van der Waals surface area contributed by atoms with Gasteiger partial charge < -0.3 is 16.0 Å². The van der Waals surface area contributed by atoms with Crippen LogP contribution in [0, 0.1) is 0 Å². The zero-order valence-corrected chi connectivity index (χ0v) is 15.0. The Labute approximate surface area is 146 Å². The Balaban J connectivity index is 0.00000220. The fourth-order valence-corrected chi connectivity index (χ4v) is 3.21. The number of anilines is 1. The molecule has 2 atom stereocenters. The number of rotatable bonds is 3. The quantitative estimate of drug-likeness (QED) is 0.856. The van der Waals surface area contributed by atoms with Crippen molar-refractivity contribution in [3.63, 3.8) is 0 Å². The van der Waals surface area contributed by atoms with Crippen LogP contribution in [0.2, 0.25) is 0 Å². The van der Waals surface area contributed by atoms with Crippen LogP contribution in [-0.2, 0) is 4.79 Å². The number of likely N-dealkylation sites (tertiary alicyclic amines) is 1. The third-order valence-electron chi connectivity index (χ3n) is 3.42. The van der Waals surface area contributed by atoms with E-state index in [4.69, 9.17) is 5.73 Å². The molecular formula is C13H22Cl2N4O2S. The lowest BCUT2D eigenvalue weighted by Crippen LogP contribution is -2.51. The van der Waals surface area contributed by atoms with Crippen molar-refractivity contribution in [1.82, 2.24) is 9.88 Å². The second-order valence-electron chi connectivity index (χ2n) is 5.14. The number of amides is 2. The fourth-order valence-electron chi connectivity index (χ4n) is 2.48. The smallest absolute Gasteiger partial charge is 0.273 e. The number of nitrogens with one attached hydrogen (secondary N) is 1. The van der Waals surface area contributed by atoms with E-state index in [1.807, 2.05) is 11.8 Å². The number of hydrogen-bond acceptors (Lipinski definition) is 5. The summed E-state index contributed by atoms with van der Waals surface area (Å²) in [6.07, 6.45) is 3.04. The molecule has 2 rings (SSSR count). The lowest BCUT2D eigenvalue weighted by Gasteiger charge is -2.37. The van der Waals surface area contributed by atoms with Gasteiger partial charge in [-0.1, -0.05) is 0 Å². The lowest BCUT2D eigenvalue weighted by atomic mass is 9.96. The van der Waals surface area contributed by atoms with Crippen molar-refractivity contribution in [2.45, 2.75) is 45.2 Å². The van der Waals surface area contributed by atoms with Crippen LogP contribution in [0.25, 0.3) is 0 Å². The minimum absolute atomic E-state index is 0. The normalized spacial score (nSPS) is 18.7. The van der Waals surface area contributed by atoms with Crippen LogP contribution in [-0.4, -0.2) is 40.3 Å². The molecule has 1 fully saturated rings. The first-order chi connectivity index (χ1) is 9.49. The Kier molecular flexibility index (Phi) is 8.92. The minimum Gasteiger partial charge on any atom is -0.333 e. The summed E-state index contributed by atoms with van der Waals surface area (Å²) in [6, 6.07) is 0.0230. The monoisotopic (exact) mass is 368 g/mol. The van der Waals surface area contributed by atoms with Gasteiger partial charge in [-0.05, 0) is 26.2 Å². The van der Waals surface area contributed by atoms with Crippen LogP contribution < -0.4 is 11.1 Å². The minimum atomic E-state index is -0.190. The molecule has 1 aliphatic rings. The van der Waals surface area contributed by atoms with Gasteiger partial charge in [-0.15, -0.1) is 36.2 Å². The number of thiazole rings is 1. The Hall–Kier alpha value is -0.890. The summed E-state index contributed by atoms with van der Waals surface area (Å²) in [5, 5.41) is 4.72. The van der Waals surface area contributed by atoms with Gasteiger partial charge in [-0.25, -0.2) is 4.98 Å². The molecule has 2 unspecified atom stereocenters. The molecule has 0 aliphatic carbocycles. The highest BCUT2D eigenvalue weighted by Crippen LogP contribution is 2.23. The Morgan fingerprint density at radius 3 is 2.73 bits per heavy atom. The molecule has 0 radical (unpaired) electrons. The molecule has 0 spiro atoms. The maximum Gasteiger partial charge on any atom is 0.273 e. The molecule has 0 bridgehead atoms. The standard InChI is InChI=1S/C13H20N4O2S.2ClH/c1-8(14)11-5-3-4-6-17(11)12(19)10-7-20-13(16-10)15-9(2)18;;/h7-8,11H,3-6,14H2,1-2H3,(H,15,16,18);2*1H. The summed E-state index contributed by atoms with van der Waals surface area (Å²) in [7, 11) is 0. The number of carbonyl (C=O) groups excluding carboxylic acids is 2. The second-order valence-corrected chi connectivity index (χ2v) is 6.00. The predicted octanol–water partition coefficient (Wildman–Crippen LogP) is 2.29. The van der Waals surface area contributed by atoms with Gasteiger partial charge in [-0.3, -0.25) is 9.59 Å². The van der Waals surface area contributed by atoms with Crippen molar-refractivity contribution in [3.05, 3.63) is 11.1 Å². The van der Waals surface area contributed by atoms with Gasteiger partial charge in [0.1, 0.15) is 5.69 Å². The van der Waals surface area contributed by atoms with Gasteiger partial charge in [-0.2, -0.15) is 0 Å². The summed E-state index contributed by atoms with van der Waals surface area (Å²) >= 11 is 1.26. The van der Waals surface area contributed by atoms with Crippen LogP contribution in [0.5, 0.6) is 0 Å². The summed E-state index contributed by atoms with van der Waals surface area (Å²) in [4.78, 5) is 29.5. The average molecular weight is 369 g/mol. The van der Waals surface area contributed by atoms with Gasteiger partial charge in [0.2, 0.25) is 5.91 Å². The van der Waals surface area contributed by atoms with Crippen LogP contribution in [0.4, 0.5) is 5.13 Å². The number of nitrogens with zero attached hydrogens (tertiary/aromatic N) is 2. The van der Waals surface area contributed by atoms with Gasteiger partial charge in [0.05, 0.1) is 0 Å². The van der Waals surface area contributed by atoms with Crippen molar-refractivity contribution in [2.75, 3.05) is 11.9 Å². The first-order valence-corrected chi connectivity index (χ1v) is 7.66. The van der Waals surface area contributed by atoms with E-state index in [1.54, 1.807) is 5.38 Å². The molecule has 0 saturated carbocycles. The topological polar surface area (TPSA) is 88.3 Å². The van der Waals surface area contributed by atoms with Crippen molar-refractivity contribution >= 4 is 53.1 Å². The fraction of sp³-hybridized carbons (Fsp3) is 0.615. The zero-order chi connectivity index (χ0) is 14.7. The average Bonchev–Trinajstić information content (AvgIpc) is 2.85. The Bertz CT molecular complexity index is 510. The van der Waals surface area contributed by atoms with Crippen LogP contribution in [0.3, 0.4) is 0 Å². The molecule has 1 aromatic heterocycles. The Morgan fingerprint density at radius 2 is 2.14 bits per heavy atom. The van der Waals surface area contributed by atoms with Crippen LogP contribution >= 0.6 is 36.2 Å². The van der Waals surface area contributed by atoms with E-state index in [0.29, 0.717) is 10.8 Å². The number of piperidine rings is 1. The van der Waals surface area contributed by atoms with E-state index >= 15 is 0 Å². The Morgan fingerprint density at radius 1 is 1.45 bits per heavy atom. The van der Waals surface area contributed by atoms with Crippen LogP contribution in [0.1, 0.15) is 43.6 Å². The number of aromatic nitrogens is 1. The number of carbonyl (C=O) groups is 2. The molecule has 0 aromatic carbocycles. The molecular weight excluding hydrogens is 347 g/mol. The zero-order valence-electron chi connectivity index (χ0n) is 12.6. The van der Waals surface area contributed by atoms with Crippen LogP contribution in [0.15, 0.2) is 5.38 Å². The molecule has 2 heterocycles. The highest BCUT2D eigenvalue weighted by molar-refractivity contribution is 7.14. The third-order valence-corrected chi connectivity index (χ3v) is 4.18.